The molecule has 1 rings (SSSR count). The maximum atomic E-state index is 11.7. The molecule has 2 N–H and O–H groups in total. The van der Waals surface area contributed by atoms with Crippen molar-refractivity contribution in [1.29, 1.82) is 5.26 Å². The fraction of sp³-hybridized carbons (Fsp3) is 0.333. The van der Waals surface area contributed by atoms with Crippen LogP contribution in [0.3, 0.4) is 0 Å². The van der Waals surface area contributed by atoms with Gasteiger partial charge in [-0.1, -0.05) is 0 Å². The molecule has 2 amide bonds. The molecule has 0 heterocycles. The number of carbonyl (C=O) groups excluding carboxylic acids is 3. The lowest BCUT2D eigenvalue weighted by molar-refractivity contribution is -0.154. The number of rotatable bonds is 7. The van der Waals surface area contributed by atoms with Crippen LogP contribution in [0.1, 0.15) is 12.5 Å². The first-order chi connectivity index (χ1) is 11.0. The molecule has 0 spiro atoms. The average molecular weight is 319 g/mol. The van der Waals surface area contributed by atoms with Gasteiger partial charge in [0.25, 0.3) is 5.91 Å². The molecule has 23 heavy (non-hydrogen) atoms. The fourth-order valence-corrected chi connectivity index (χ4v) is 1.43. The first-order valence-electron chi connectivity index (χ1n) is 6.77. The lowest BCUT2D eigenvalue weighted by atomic mass is 10.2. The normalized spacial score (nSPS) is 10.8. The van der Waals surface area contributed by atoms with Gasteiger partial charge in [-0.25, -0.2) is 4.79 Å². The van der Waals surface area contributed by atoms with Crippen molar-refractivity contribution < 1.29 is 23.9 Å². The maximum Gasteiger partial charge on any atom is 0.347 e. The second-order valence-corrected chi connectivity index (χ2v) is 4.45. The van der Waals surface area contributed by atoms with E-state index < -0.39 is 24.6 Å². The molecule has 8 nitrogen and oxygen atoms in total. The molecule has 0 bridgehead atoms. The number of amides is 2. The van der Waals surface area contributed by atoms with E-state index in [4.69, 9.17) is 14.7 Å². The number of nitriles is 1. The van der Waals surface area contributed by atoms with Gasteiger partial charge in [0.15, 0.2) is 12.7 Å². The van der Waals surface area contributed by atoms with Crippen LogP contribution >= 0.6 is 0 Å². The minimum atomic E-state index is -0.922. The van der Waals surface area contributed by atoms with Gasteiger partial charge in [0.1, 0.15) is 5.75 Å². The van der Waals surface area contributed by atoms with Crippen LogP contribution in [0, 0.1) is 11.3 Å². The van der Waals surface area contributed by atoms with Gasteiger partial charge in [-0.2, -0.15) is 5.26 Å². The van der Waals surface area contributed by atoms with Crippen molar-refractivity contribution >= 4 is 17.8 Å². The van der Waals surface area contributed by atoms with Crippen LogP contribution in [0.5, 0.6) is 5.75 Å². The molecule has 0 aliphatic heterocycles. The van der Waals surface area contributed by atoms with Gasteiger partial charge in [-0.05, 0) is 31.2 Å². The number of benzene rings is 1. The Morgan fingerprint density at radius 3 is 2.43 bits per heavy atom. The molecule has 0 aliphatic carbocycles. The van der Waals surface area contributed by atoms with Crippen molar-refractivity contribution in [1.82, 2.24) is 10.6 Å². The molecule has 8 heteroatoms. The molecule has 1 atom stereocenters. The van der Waals surface area contributed by atoms with E-state index in [9.17, 15) is 14.4 Å². The summed E-state index contributed by atoms with van der Waals surface area (Å²) in [6.45, 7) is 0.782. The Kier molecular flexibility index (Phi) is 7.07. The van der Waals surface area contributed by atoms with Gasteiger partial charge < -0.3 is 20.1 Å². The van der Waals surface area contributed by atoms with Crippen LogP contribution in [0.2, 0.25) is 0 Å². The van der Waals surface area contributed by atoms with Crippen LogP contribution < -0.4 is 15.4 Å². The van der Waals surface area contributed by atoms with E-state index in [2.05, 4.69) is 10.6 Å². The molecule has 0 saturated heterocycles. The number of nitrogens with zero attached hydrogens (tertiary/aromatic N) is 1. The van der Waals surface area contributed by atoms with Gasteiger partial charge >= 0.3 is 5.97 Å². The van der Waals surface area contributed by atoms with Crippen LogP contribution in [-0.2, 0) is 19.1 Å². The number of carbonyl (C=O) groups is 3. The summed E-state index contributed by atoms with van der Waals surface area (Å²) in [4.78, 5) is 34.0. The quantitative estimate of drug-likeness (QED) is 0.668. The standard InChI is InChI=1S/C15H17N3O5/c1-10(23-12-5-3-11(7-16)4-6-12)15(21)22-9-14(20)18-8-13(19)17-2/h3-6,10H,8-9H2,1-2H3,(H,17,19)(H,18,20)/t10-/m0/s1. The minimum absolute atomic E-state index is 0.190. The van der Waals surface area contributed by atoms with Gasteiger partial charge in [-0.3, -0.25) is 9.59 Å². The monoisotopic (exact) mass is 319 g/mol. The van der Waals surface area contributed by atoms with Gasteiger partial charge in [0, 0.05) is 7.05 Å². The molecular formula is C15H17N3O5. The van der Waals surface area contributed by atoms with E-state index in [0.29, 0.717) is 11.3 Å². The van der Waals surface area contributed by atoms with Crippen LogP contribution in [0.4, 0.5) is 0 Å². The second-order valence-electron chi connectivity index (χ2n) is 4.45. The van der Waals surface area contributed by atoms with Crippen LogP contribution in [0.25, 0.3) is 0 Å². The van der Waals surface area contributed by atoms with Crippen molar-refractivity contribution in [2.45, 2.75) is 13.0 Å². The number of likely N-dealkylation sites (N-methyl/N-ethyl adjacent to an activating group) is 1. The topological polar surface area (TPSA) is 118 Å². The Hall–Kier alpha value is -3.08. The van der Waals surface area contributed by atoms with Crippen molar-refractivity contribution in [3.05, 3.63) is 29.8 Å². The van der Waals surface area contributed by atoms with E-state index in [1.165, 1.54) is 14.0 Å². The highest BCUT2D eigenvalue weighted by Crippen LogP contribution is 2.13. The molecule has 0 aromatic heterocycles. The summed E-state index contributed by atoms with van der Waals surface area (Å²) in [6, 6.07) is 8.19. The van der Waals surface area contributed by atoms with Crippen molar-refractivity contribution in [3.8, 4) is 11.8 Å². The zero-order valence-electron chi connectivity index (χ0n) is 12.8. The van der Waals surface area contributed by atoms with Crippen molar-refractivity contribution in [2.75, 3.05) is 20.2 Å². The average Bonchev–Trinajstić information content (AvgIpc) is 2.57. The van der Waals surface area contributed by atoms with E-state index in [1.807, 2.05) is 6.07 Å². The molecule has 0 fully saturated rings. The molecular weight excluding hydrogens is 302 g/mol. The lowest BCUT2D eigenvalue weighted by Gasteiger charge is -2.13. The number of ether oxygens (including phenoxy) is 2. The Balaban J connectivity index is 2.37. The molecule has 0 unspecified atom stereocenters. The van der Waals surface area contributed by atoms with Gasteiger partial charge in [0.05, 0.1) is 18.2 Å². The number of esters is 1. The second kappa shape index (κ2) is 9.04. The van der Waals surface area contributed by atoms with E-state index >= 15 is 0 Å². The number of hydrogen-bond acceptors (Lipinski definition) is 6. The summed E-state index contributed by atoms with van der Waals surface area (Å²) in [5, 5.41) is 13.3. The Bertz CT molecular complexity index is 607. The molecule has 1 aromatic carbocycles. The third kappa shape index (κ3) is 6.48. The molecule has 122 valence electrons. The minimum Gasteiger partial charge on any atom is -0.479 e. The summed E-state index contributed by atoms with van der Waals surface area (Å²) in [5.41, 5.74) is 0.473. The molecule has 0 radical (unpaired) electrons. The third-order valence-electron chi connectivity index (χ3n) is 2.70. The van der Waals surface area contributed by atoms with Gasteiger partial charge in [0.2, 0.25) is 5.91 Å². The zero-order chi connectivity index (χ0) is 17.2. The number of nitrogens with one attached hydrogen (secondary N) is 2. The fourth-order valence-electron chi connectivity index (χ4n) is 1.43. The van der Waals surface area contributed by atoms with E-state index in [1.54, 1.807) is 24.3 Å². The number of hydrogen-bond donors (Lipinski definition) is 2. The molecule has 1 aromatic rings. The summed E-state index contributed by atoms with van der Waals surface area (Å²) in [7, 11) is 1.44. The summed E-state index contributed by atoms with van der Waals surface area (Å²) >= 11 is 0. The maximum absolute atomic E-state index is 11.7. The predicted molar refractivity (Wildman–Crippen MR) is 79.3 cm³/mol. The van der Waals surface area contributed by atoms with E-state index in [-0.39, 0.29) is 12.5 Å². The van der Waals surface area contributed by atoms with Gasteiger partial charge in [-0.15, -0.1) is 0 Å². The first kappa shape index (κ1) is 18.0. The predicted octanol–water partition coefficient (Wildman–Crippen LogP) is -0.269. The van der Waals surface area contributed by atoms with Crippen molar-refractivity contribution in [3.63, 3.8) is 0 Å². The largest absolute Gasteiger partial charge is 0.479 e. The highest BCUT2D eigenvalue weighted by Gasteiger charge is 2.18. The van der Waals surface area contributed by atoms with Crippen molar-refractivity contribution in [2.24, 2.45) is 0 Å². The summed E-state index contributed by atoms with van der Waals surface area (Å²) < 4.78 is 10.1. The van der Waals surface area contributed by atoms with E-state index in [0.717, 1.165) is 0 Å². The zero-order valence-corrected chi connectivity index (χ0v) is 12.8. The molecule has 0 saturated carbocycles. The summed E-state index contributed by atoms with van der Waals surface area (Å²) in [5.74, 6) is -1.27. The first-order valence-corrected chi connectivity index (χ1v) is 6.77. The highest BCUT2D eigenvalue weighted by molar-refractivity contribution is 5.86. The SMILES string of the molecule is CNC(=O)CNC(=O)COC(=O)[C@H](C)Oc1ccc(C#N)cc1. The third-order valence-corrected chi connectivity index (χ3v) is 2.70. The highest BCUT2D eigenvalue weighted by atomic mass is 16.6. The smallest absolute Gasteiger partial charge is 0.347 e. The molecule has 0 aliphatic rings. The Labute approximate surface area is 133 Å². The Morgan fingerprint density at radius 2 is 1.87 bits per heavy atom. The van der Waals surface area contributed by atoms with Crippen LogP contribution in [-0.4, -0.2) is 44.1 Å². The van der Waals surface area contributed by atoms with Crippen LogP contribution in [0.15, 0.2) is 24.3 Å². The lowest BCUT2D eigenvalue weighted by Crippen LogP contribution is -2.38. The summed E-state index contributed by atoms with van der Waals surface area (Å²) in [6.07, 6.45) is -0.922. The Morgan fingerprint density at radius 1 is 1.22 bits per heavy atom.